The largest absolute Gasteiger partial charge is 0.507 e. The van der Waals surface area contributed by atoms with Crippen LogP contribution in [0, 0.1) is 0 Å². The minimum Gasteiger partial charge on any atom is -0.507 e. The van der Waals surface area contributed by atoms with E-state index in [0.717, 1.165) is 12.1 Å². The third kappa shape index (κ3) is 6.44. The molecule has 0 aliphatic carbocycles. The average Bonchev–Trinajstić information content (AvgIpc) is 2.78. The molecule has 0 aliphatic rings. The zero-order valence-corrected chi connectivity index (χ0v) is 17.9. The van der Waals surface area contributed by atoms with E-state index in [0.29, 0.717) is 23.5 Å². The second-order valence-electron chi connectivity index (χ2n) is 7.10. The van der Waals surface area contributed by atoms with Gasteiger partial charge in [-0.15, -0.1) is 0 Å². The molecule has 0 radical (unpaired) electrons. The van der Waals surface area contributed by atoms with Gasteiger partial charge in [0.2, 0.25) is 0 Å². The average molecular weight is 418 g/mol. The number of hydrogen-bond acceptors (Lipinski definition) is 5. The fourth-order valence-electron chi connectivity index (χ4n) is 2.99. The van der Waals surface area contributed by atoms with Gasteiger partial charge in [-0.25, -0.2) is 4.79 Å². The van der Waals surface area contributed by atoms with Crippen LogP contribution >= 0.6 is 0 Å². The number of rotatable bonds is 9. The molecular weight excluding hydrogens is 390 g/mol. The van der Waals surface area contributed by atoms with E-state index in [-0.39, 0.29) is 11.5 Å². The summed E-state index contributed by atoms with van der Waals surface area (Å²) in [5, 5.41) is 10.3. The molecule has 0 bridgehead atoms. The number of ether oxygens (including phenoxy) is 2. The van der Waals surface area contributed by atoms with E-state index in [4.69, 9.17) is 9.47 Å². The van der Waals surface area contributed by atoms with Crippen LogP contribution < -0.4 is 9.47 Å². The van der Waals surface area contributed by atoms with Crippen molar-refractivity contribution in [3.05, 3.63) is 83.4 Å². The Balaban J connectivity index is 1.62. The standard InChI is InChI=1S/C26H27NO4/c1-3-5-6-19-7-12-22(13-8-19)27-18-21-11-16-24(17-25(21)28)31-26(29)20-9-14-23(15-10-20)30-4-2/h7-18,28H,3-6H2,1-2H3. The molecule has 31 heavy (non-hydrogen) atoms. The van der Waals surface area contributed by atoms with Gasteiger partial charge in [0.05, 0.1) is 17.9 Å². The number of nitrogens with zero attached hydrogens (tertiary/aromatic N) is 1. The molecular formula is C26H27NO4. The van der Waals surface area contributed by atoms with Crippen molar-refractivity contribution in [2.24, 2.45) is 4.99 Å². The second kappa shape index (κ2) is 11.0. The lowest BCUT2D eigenvalue weighted by Crippen LogP contribution is -2.08. The summed E-state index contributed by atoms with van der Waals surface area (Å²) < 4.78 is 10.7. The van der Waals surface area contributed by atoms with Crippen molar-refractivity contribution >= 4 is 17.9 Å². The molecule has 1 N–H and O–H groups in total. The van der Waals surface area contributed by atoms with Crippen LogP contribution in [0.25, 0.3) is 0 Å². The molecule has 0 fully saturated rings. The zero-order chi connectivity index (χ0) is 22.1. The summed E-state index contributed by atoms with van der Waals surface area (Å²) in [6.45, 7) is 4.63. The molecule has 3 aromatic rings. The molecule has 0 atom stereocenters. The number of carbonyl (C=O) groups excluding carboxylic acids is 1. The van der Waals surface area contributed by atoms with E-state index in [2.05, 4.69) is 24.0 Å². The summed E-state index contributed by atoms with van der Waals surface area (Å²) in [6, 6.07) is 19.5. The van der Waals surface area contributed by atoms with Gasteiger partial charge in [-0.2, -0.15) is 0 Å². The number of aromatic hydroxyl groups is 1. The molecule has 0 amide bonds. The van der Waals surface area contributed by atoms with Crippen molar-refractivity contribution in [2.45, 2.75) is 33.1 Å². The first-order chi connectivity index (χ1) is 15.1. The lowest BCUT2D eigenvalue weighted by Gasteiger charge is -2.07. The smallest absolute Gasteiger partial charge is 0.343 e. The molecule has 5 nitrogen and oxygen atoms in total. The van der Waals surface area contributed by atoms with Crippen LogP contribution in [0.15, 0.2) is 71.7 Å². The Labute approximate surface area is 183 Å². The summed E-state index contributed by atoms with van der Waals surface area (Å²) >= 11 is 0. The molecule has 160 valence electrons. The molecule has 0 spiro atoms. The van der Waals surface area contributed by atoms with Gasteiger partial charge in [0.25, 0.3) is 0 Å². The number of hydrogen-bond donors (Lipinski definition) is 1. The van der Waals surface area contributed by atoms with E-state index in [1.54, 1.807) is 42.6 Å². The molecule has 0 heterocycles. The number of unbranched alkanes of at least 4 members (excludes halogenated alkanes) is 1. The highest BCUT2D eigenvalue weighted by Gasteiger charge is 2.10. The normalized spacial score (nSPS) is 10.9. The van der Waals surface area contributed by atoms with Crippen molar-refractivity contribution in [3.8, 4) is 17.2 Å². The summed E-state index contributed by atoms with van der Waals surface area (Å²) in [5.74, 6) is 0.428. The van der Waals surface area contributed by atoms with E-state index < -0.39 is 5.97 Å². The molecule has 3 rings (SSSR count). The highest BCUT2D eigenvalue weighted by atomic mass is 16.5. The van der Waals surface area contributed by atoms with Gasteiger partial charge in [-0.05, 0) is 73.9 Å². The SMILES string of the molecule is CCCCc1ccc(N=Cc2ccc(OC(=O)c3ccc(OCC)cc3)cc2O)cc1. The van der Waals surface area contributed by atoms with Crippen molar-refractivity contribution in [3.63, 3.8) is 0 Å². The molecule has 0 unspecified atom stereocenters. The minimum absolute atomic E-state index is 0.0136. The minimum atomic E-state index is -0.507. The van der Waals surface area contributed by atoms with Crippen LogP contribution in [0.1, 0.15) is 48.2 Å². The number of aliphatic imine (C=N–C) groups is 1. The number of carbonyl (C=O) groups is 1. The molecule has 3 aromatic carbocycles. The maximum atomic E-state index is 12.3. The molecule has 0 aliphatic heterocycles. The summed E-state index contributed by atoms with van der Waals surface area (Å²) in [4.78, 5) is 16.7. The lowest BCUT2D eigenvalue weighted by atomic mass is 10.1. The first-order valence-corrected chi connectivity index (χ1v) is 10.5. The predicted molar refractivity (Wildman–Crippen MR) is 123 cm³/mol. The van der Waals surface area contributed by atoms with Crippen LogP contribution in [-0.4, -0.2) is 23.9 Å². The first-order valence-electron chi connectivity index (χ1n) is 10.5. The Kier molecular flexibility index (Phi) is 7.82. The number of phenols is 1. The quantitative estimate of drug-likeness (QED) is 0.259. The van der Waals surface area contributed by atoms with Crippen LogP contribution in [-0.2, 0) is 6.42 Å². The Hall–Kier alpha value is -3.60. The fourth-order valence-corrected chi connectivity index (χ4v) is 2.99. The third-order valence-corrected chi connectivity index (χ3v) is 4.72. The first kappa shape index (κ1) is 22.1. The van der Waals surface area contributed by atoms with Gasteiger partial charge in [-0.1, -0.05) is 25.5 Å². The predicted octanol–water partition coefficient (Wildman–Crippen LogP) is 6.10. The molecule has 0 aromatic heterocycles. The molecule has 0 saturated heterocycles. The van der Waals surface area contributed by atoms with Gasteiger partial charge in [-0.3, -0.25) is 4.99 Å². The zero-order valence-electron chi connectivity index (χ0n) is 17.9. The van der Waals surface area contributed by atoms with Crippen molar-refractivity contribution < 1.29 is 19.4 Å². The lowest BCUT2D eigenvalue weighted by molar-refractivity contribution is 0.0734. The van der Waals surface area contributed by atoms with Gasteiger partial charge in [0.1, 0.15) is 17.2 Å². The molecule has 5 heteroatoms. The maximum Gasteiger partial charge on any atom is 0.343 e. The number of benzene rings is 3. The Morgan fingerprint density at radius 2 is 1.68 bits per heavy atom. The van der Waals surface area contributed by atoms with Crippen molar-refractivity contribution in [2.75, 3.05) is 6.61 Å². The summed E-state index contributed by atoms with van der Waals surface area (Å²) in [7, 11) is 0. The summed E-state index contributed by atoms with van der Waals surface area (Å²) in [5.41, 5.74) is 3.04. The topological polar surface area (TPSA) is 68.1 Å². The van der Waals surface area contributed by atoms with Gasteiger partial charge in [0, 0.05) is 17.8 Å². The Morgan fingerprint density at radius 1 is 0.968 bits per heavy atom. The van der Waals surface area contributed by atoms with E-state index >= 15 is 0 Å². The third-order valence-electron chi connectivity index (χ3n) is 4.72. The number of esters is 1. The monoisotopic (exact) mass is 417 g/mol. The van der Waals surface area contributed by atoms with Gasteiger partial charge >= 0.3 is 5.97 Å². The van der Waals surface area contributed by atoms with Gasteiger partial charge in [0.15, 0.2) is 0 Å². The van der Waals surface area contributed by atoms with Crippen LogP contribution in [0.4, 0.5) is 5.69 Å². The van der Waals surface area contributed by atoms with Crippen molar-refractivity contribution in [1.82, 2.24) is 0 Å². The fraction of sp³-hybridized carbons (Fsp3) is 0.231. The second-order valence-corrected chi connectivity index (χ2v) is 7.10. The maximum absolute atomic E-state index is 12.3. The Morgan fingerprint density at radius 3 is 2.32 bits per heavy atom. The van der Waals surface area contributed by atoms with E-state index in [1.165, 1.54) is 24.5 Å². The van der Waals surface area contributed by atoms with Crippen LogP contribution in [0.3, 0.4) is 0 Å². The van der Waals surface area contributed by atoms with E-state index in [9.17, 15) is 9.90 Å². The number of phenolic OH excluding ortho intramolecular Hbond substituents is 1. The highest BCUT2D eigenvalue weighted by molar-refractivity contribution is 5.91. The van der Waals surface area contributed by atoms with Crippen LogP contribution in [0.5, 0.6) is 17.2 Å². The molecule has 0 saturated carbocycles. The summed E-state index contributed by atoms with van der Waals surface area (Å²) in [6.07, 6.45) is 5.00. The van der Waals surface area contributed by atoms with E-state index in [1.807, 2.05) is 19.1 Å². The van der Waals surface area contributed by atoms with Crippen LogP contribution in [0.2, 0.25) is 0 Å². The van der Waals surface area contributed by atoms with Gasteiger partial charge < -0.3 is 14.6 Å². The Bertz CT molecular complexity index is 1020. The number of aryl methyl sites for hydroxylation is 1. The van der Waals surface area contributed by atoms with Crippen molar-refractivity contribution in [1.29, 1.82) is 0 Å². The highest BCUT2D eigenvalue weighted by Crippen LogP contribution is 2.24.